The summed E-state index contributed by atoms with van der Waals surface area (Å²) in [4.78, 5) is 13.7. The first-order chi connectivity index (χ1) is 16.2. The molecule has 2 aromatic heterocycles. The normalized spacial score (nSPS) is 17.0. The Bertz CT molecular complexity index is 1270. The molecule has 2 aromatic carbocycles. The number of aromatic amines is 1. The summed E-state index contributed by atoms with van der Waals surface area (Å²) in [7, 11) is 0. The molecule has 2 N–H and O–H groups in total. The minimum atomic E-state index is -0.713. The average Bonchev–Trinajstić information content (AvgIpc) is 3.57. The van der Waals surface area contributed by atoms with E-state index in [-0.39, 0.29) is 11.4 Å². The second-order valence-electron chi connectivity index (χ2n) is 8.55. The highest BCUT2D eigenvalue weighted by atomic mass is 19.1. The van der Waals surface area contributed by atoms with Gasteiger partial charge in [-0.05, 0) is 49.2 Å². The molecule has 1 saturated carbocycles. The van der Waals surface area contributed by atoms with Crippen molar-refractivity contribution in [1.29, 1.82) is 0 Å². The number of hydrogen-bond acceptors (Lipinski definition) is 6. The number of anilines is 3. The maximum absolute atomic E-state index is 14.3. The van der Waals surface area contributed by atoms with Crippen LogP contribution in [0, 0.1) is 11.6 Å². The van der Waals surface area contributed by atoms with Gasteiger partial charge in [0.15, 0.2) is 11.6 Å². The summed E-state index contributed by atoms with van der Waals surface area (Å²) in [5.74, 6) is -1.06. The number of nitrogens with one attached hydrogen (secondary N) is 2. The monoisotopic (exact) mass is 447 g/mol. The van der Waals surface area contributed by atoms with Crippen molar-refractivity contribution in [2.75, 3.05) is 36.4 Å². The smallest absolute Gasteiger partial charge is 0.168 e. The summed E-state index contributed by atoms with van der Waals surface area (Å²) in [6, 6.07) is 12.6. The zero-order chi connectivity index (χ0) is 22.4. The van der Waals surface area contributed by atoms with Gasteiger partial charge in [0.2, 0.25) is 0 Å². The Morgan fingerprint density at radius 1 is 0.909 bits per heavy atom. The molecule has 1 aliphatic carbocycles. The van der Waals surface area contributed by atoms with E-state index >= 15 is 0 Å². The van der Waals surface area contributed by atoms with Crippen LogP contribution >= 0.6 is 0 Å². The molecule has 168 valence electrons. The third kappa shape index (κ3) is 3.89. The molecule has 7 nitrogen and oxygen atoms in total. The largest absolute Gasteiger partial charge is 0.369 e. The van der Waals surface area contributed by atoms with Crippen LogP contribution in [0.25, 0.3) is 22.4 Å². The van der Waals surface area contributed by atoms with Crippen molar-refractivity contribution in [2.24, 2.45) is 0 Å². The predicted molar refractivity (Wildman–Crippen MR) is 124 cm³/mol. The van der Waals surface area contributed by atoms with E-state index in [1.54, 1.807) is 0 Å². The lowest BCUT2D eigenvalue weighted by Crippen LogP contribution is -2.47. The zero-order valence-electron chi connectivity index (χ0n) is 17.9. The maximum Gasteiger partial charge on any atom is 0.168 e. The fourth-order valence-corrected chi connectivity index (χ4v) is 4.43. The van der Waals surface area contributed by atoms with Gasteiger partial charge in [0.25, 0.3) is 0 Å². The van der Waals surface area contributed by atoms with Crippen LogP contribution in [0.3, 0.4) is 0 Å². The Hall–Kier alpha value is -3.59. The van der Waals surface area contributed by atoms with Gasteiger partial charge in [-0.2, -0.15) is 5.10 Å². The van der Waals surface area contributed by atoms with Gasteiger partial charge in [0.1, 0.15) is 22.7 Å². The van der Waals surface area contributed by atoms with Crippen molar-refractivity contribution in [3.63, 3.8) is 0 Å². The van der Waals surface area contributed by atoms with Crippen LogP contribution in [0.1, 0.15) is 12.8 Å². The molecular weight excluding hydrogens is 424 g/mol. The number of halogens is 2. The second-order valence-corrected chi connectivity index (χ2v) is 8.55. The second kappa shape index (κ2) is 8.08. The van der Waals surface area contributed by atoms with Gasteiger partial charge >= 0.3 is 0 Å². The molecule has 0 amide bonds. The van der Waals surface area contributed by atoms with Gasteiger partial charge in [-0.1, -0.05) is 6.07 Å². The molecule has 2 aliphatic rings. The maximum atomic E-state index is 14.3. The lowest BCUT2D eigenvalue weighted by atomic mass is 10.2. The molecular formula is C24H23F2N7. The van der Waals surface area contributed by atoms with Crippen LogP contribution in [-0.2, 0) is 0 Å². The summed E-state index contributed by atoms with van der Waals surface area (Å²) in [5.41, 5.74) is 2.76. The van der Waals surface area contributed by atoms with E-state index in [1.807, 2.05) is 12.1 Å². The zero-order valence-corrected chi connectivity index (χ0v) is 17.9. The number of piperazine rings is 1. The molecule has 0 spiro atoms. The van der Waals surface area contributed by atoms with Crippen LogP contribution in [-0.4, -0.2) is 57.3 Å². The SMILES string of the molecule is Fc1cccc(F)c1-c1nc(Nc2ccc(N3CCN(C4CC4)CC3)cc2)c2[nH]ncc2n1. The van der Waals surface area contributed by atoms with Crippen LogP contribution < -0.4 is 10.2 Å². The molecule has 3 heterocycles. The highest BCUT2D eigenvalue weighted by Crippen LogP contribution is 2.31. The van der Waals surface area contributed by atoms with E-state index in [9.17, 15) is 8.78 Å². The van der Waals surface area contributed by atoms with Crippen LogP contribution in [0.4, 0.5) is 26.0 Å². The predicted octanol–water partition coefficient (Wildman–Crippen LogP) is 4.33. The first-order valence-electron chi connectivity index (χ1n) is 11.2. The summed E-state index contributed by atoms with van der Waals surface area (Å²) >= 11 is 0. The Kier molecular flexibility index (Phi) is 4.91. The molecule has 6 rings (SSSR count). The molecule has 0 radical (unpaired) electrons. The Morgan fingerprint density at radius 2 is 1.64 bits per heavy atom. The number of fused-ring (bicyclic) bond motifs is 1. The van der Waals surface area contributed by atoms with Gasteiger partial charge in [0.05, 0.1) is 11.8 Å². The summed E-state index contributed by atoms with van der Waals surface area (Å²) in [5, 5.41) is 10.1. The lowest BCUT2D eigenvalue weighted by Gasteiger charge is -2.36. The van der Waals surface area contributed by atoms with Gasteiger partial charge in [-0.15, -0.1) is 0 Å². The van der Waals surface area contributed by atoms with Crippen molar-refractivity contribution < 1.29 is 8.78 Å². The molecule has 1 saturated heterocycles. The van der Waals surface area contributed by atoms with Crippen LogP contribution in [0.2, 0.25) is 0 Å². The fraction of sp³-hybridized carbons (Fsp3) is 0.292. The van der Waals surface area contributed by atoms with Crippen LogP contribution in [0.15, 0.2) is 48.7 Å². The number of rotatable bonds is 5. The van der Waals surface area contributed by atoms with Crippen LogP contribution in [0.5, 0.6) is 0 Å². The number of aromatic nitrogens is 4. The average molecular weight is 447 g/mol. The van der Waals surface area contributed by atoms with Crippen molar-refractivity contribution in [1.82, 2.24) is 25.1 Å². The molecule has 9 heteroatoms. The Morgan fingerprint density at radius 3 is 2.33 bits per heavy atom. The first kappa shape index (κ1) is 20.0. The Labute approximate surface area is 189 Å². The quantitative estimate of drug-likeness (QED) is 0.475. The standard InChI is InChI=1S/C24H23F2N7/c25-18-2-1-3-19(26)21(18)23-29-20-14-27-31-22(20)24(30-23)28-15-4-6-16(7-5-15)32-10-12-33(13-11-32)17-8-9-17/h1-7,14,17H,8-13H2,(H,27,31)(H,28,29,30). The molecule has 0 bridgehead atoms. The summed E-state index contributed by atoms with van der Waals surface area (Å²) in [6.07, 6.45) is 4.20. The van der Waals surface area contributed by atoms with E-state index < -0.39 is 11.6 Å². The van der Waals surface area contributed by atoms with E-state index in [4.69, 9.17) is 0 Å². The molecule has 1 aliphatic heterocycles. The lowest BCUT2D eigenvalue weighted by molar-refractivity contribution is 0.248. The number of H-pyrrole nitrogens is 1. The van der Waals surface area contributed by atoms with E-state index in [0.29, 0.717) is 16.9 Å². The Balaban J connectivity index is 1.25. The number of nitrogens with zero attached hydrogens (tertiary/aromatic N) is 5. The number of benzene rings is 2. The fourth-order valence-electron chi connectivity index (χ4n) is 4.43. The minimum Gasteiger partial charge on any atom is -0.369 e. The van der Waals surface area contributed by atoms with E-state index in [2.05, 4.69) is 47.4 Å². The molecule has 2 fully saturated rings. The van der Waals surface area contributed by atoms with Crippen molar-refractivity contribution in [3.8, 4) is 11.4 Å². The van der Waals surface area contributed by atoms with Gasteiger partial charge in [-0.3, -0.25) is 10.00 Å². The molecule has 0 unspecified atom stereocenters. The first-order valence-corrected chi connectivity index (χ1v) is 11.2. The highest BCUT2D eigenvalue weighted by Gasteiger charge is 2.31. The third-order valence-corrected chi connectivity index (χ3v) is 6.36. The minimum absolute atomic E-state index is 0.0350. The van der Waals surface area contributed by atoms with E-state index in [0.717, 1.165) is 37.9 Å². The molecule has 4 aromatic rings. The van der Waals surface area contributed by atoms with Gasteiger partial charge < -0.3 is 10.2 Å². The molecule has 33 heavy (non-hydrogen) atoms. The topological polar surface area (TPSA) is 73.0 Å². The highest BCUT2D eigenvalue weighted by molar-refractivity contribution is 5.88. The van der Waals surface area contributed by atoms with Gasteiger partial charge in [-0.25, -0.2) is 18.7 Å². The molecule has 0 atom stereocenters. The third-order valence-electron chi connectivity index (χ3n) is 6.36. The van der Waals surface area contributed by atoms with Crippen molar-refractivity contribution >= 4 is 28.2 Å². The van der Waals surface area contributed by atoms with Gasteiger partial charge in [0, 0.05) is 43.6 Å². The number of hydrogen-bond donors (Lipinski definition) is 2. The van der Waals surface area contributed by atoms with Crippen molar-refractivity contribution in [2.45, 2.75) is 18.9 Å². The summed E-state index contributed by atoms with van der Waals surface area (Å²) in [6.45, 7) is 4.28. The van der Waals surface area contributed by atoms with E-state index in [1.165, 1.54) is 42.9 Å². The summed E-state index contributed by atoms with van der Waals surface area (Å²) < 4.78 is 28.7. The van der Waals surface area contributed by atoms with Crippen molar-refractivity contribution in [3.05, 3.63) is 60.3 Å².